The van der Waals surface area contributed by atoms with E-state index in [1.165, 1.54) is 6.33 Å². The van der Waals surface area contributed by atoms with Gasteiger partial charge >= 0.3 is 0 Å². The Bertz CT molecular complexity index is 1210. The summed E-state index contributed by atoms with van der Waals surface area (Å²) < 4.78 is 1.66. The summed E-state index contributed by atoms with van der Waals surface area (Å²) in [7, 11) is 1.76. The summed E-state index contributed by atoms with van der Waals surface area (Å²) in [5, 5.41) is 12.8. The minimum atomic E-state index is -0.378. The van der Waals surface area contributed by atoms with Crippen molar-refractivity contribution >= 4 is 34.0 Å². The van der Waals surface area contributed by atoms with Crippen molar-refractivity contribution in [2.45, 2.75) is 0 Å². The first-order chi connectivity index (χ1) is 13.1. The minimum absolute atomic E-state index is 0.129. The van der Waals surface area contributed by atoms with Gasteiger partial charge in [-0.15, -0.1) is 10.2 Å². The van der Waals surface area contributed by atoms with Gasteiger partial charge < -0.3 is 9.55 Å². The van der Waals surface area contributed by atoms with Crippen molar-refractivity contribution in [1.29, 1.82) is 0 Å². The lowest BCUT2D eigenvalue weighted by Crippen LogP contribution is -2.24. The molecule has 0 fully saturated rings. The number of aromatic nitrogens is 5. The van der Waals surface area contributed by atoms with Gasteiger partial charge in [-0.25, -0.2) is 4.98 Å². The molecule has 0 aliphatic rings. The molecule has 134 valence electrons. The third-order valence-corrected chi connectivity index (χ3v) is 4.24. The van der Waals surface area contributed by atoms with Gasteiger partial charge in [0.2, 0.25) is 0 Å². The highest BCUT2D eigenvalue weighted by Crippen LogP contribution is 2.20. The van der Waals surface area contributed by atoms with E-state index in [-0.39, 0.29) is 17.0 Å². The predicted octanol–water partition coefficient (Wildman–Crippen LogP) is 2.57. The summed E-state index contributed by atoms with van der Waals surface area (Å²) in [5.74, 6) is 0.392. The van der Waals surface area contributed by atoms with E-state index in [9.17, 15) is 4.79 Å². The molecule has 0 amide bonds. The molecule has 9 heteroatoms. The average Bonchev–Trinajstić information content (AvgIpc) is 3.09. The maximum atomic E-state index is 12.6. The summed E-state index contributed by atoms with van der Waals surface area (Å²) >= 11 is 6.17. The van der Waals surface area contributed by atoms with Crippen molar-refractivity contribution in [2.24, 2.45) is 12.1 Å². The number of para-hydroxylation sites is 3. The third kappa shape index (κ3) is 3.30. The van der Waals surface area contributed by atoms with Crippen molar-refractivity contribution in [3.8, 4) is 0 Å². The Kier molecular flexibility index (Phi) is 4.39. The van der Waals surface area contributed by atoms with Crippen molar-refractivity contribution < 1.29 is 0 Å². The molecule has 2 aromatic carbocycles. The van der Waals surface area contributed by atoms with Crippen LogP contribution in [-0.4, -0.2) is 30.4 Å². The highest BCUT2D eigenvalue weighted by atomic mass is 35.5. The summed E-state index contributed by atoms with van der Waals surface area (Å²) in [4.78, 5) is 19.9. The lowest BCUT2D eigenvalue weighted by Gasteiger charge is -2.08. The van der Waals surface area contributed by atoms with Crippen LogP contribution in [0.15, 0.2) is 64.8 Å². The lowest BCUT2D eigenvalue weighted by atomic mass is 10.2. The van der Waals surface area contributed by atoms with Gasteiger partial charge in [0.15, 0.2) is 17.2 Å². The largest absolute Gasteiger partial charge is 0.319 e. The topological polar surface area (TPSA) is 101 Å². The van der Waals surface area contributed by atoms with Crippen molar-refractivity contribution in [3.05, 3.63) is 81.8 Å². The molecule has 0 bridgehead atoms. The SMILES string of the molecule is Cn1cnnc1/C(=N\Nc1ccccc1Cl)c1nc2ccccc2[nH]c1=O. The van der Waals surface area contributed by atoms with Crippen LogP contribution in [-0.2, 0) is 7.05 Å². The Morgan fingerprint density at radius 3 is 2.74 bits per heavy atom. The van der Waals surface area contributed by atoms with Gasteiger partial charge in [0.05, 0.1) is 21.7 Å². The molecule has 0 spiro atoms. The van der Waals surface area contributed by atoms with Crippen LogP contribution in [0.5, 0.6) is 0 Å². The Morgan fingerprint density at radius 2 is 1.96 bits per heavy atom. The number of aryl methyl sites for hydroxylation is 1. The van der Waals surface area contributed by atoms with Crippen LogP contribution in [0.3, 0.4) is 0 Å². The Hall–Kier alpha value is -3.52. The van der Waals surface area contributed by atoms with E-state index in [1.807, 2.05) is 30.3 Å². The molecular formula is C18H14ClN7O. The number of nitrogens with zero attached hydrogens (tertiary/aromatic N) is 5. The van der Waals surface area contributed by atoms with Crippen molar-refractivity contribution in [1.82, 2.24) is 24.7 Å². The number of nitrogens with one attached hydrogen (secondary N) is 2. The normalized spacial score (nSPS) is 11.7. The second kappa shape index (κ2) is 7.00. The second-order valence-corrected chi connectivity index (χ2v) is 6.16. The molecule has 0 atom stereocenters. The zero-order valence-corrected chi connectivity index (χ0v) is 15.0. The van der Waals surface area contributed by atoms with Gasteiger partial charge in [-0.2, -0.15) is 5.10 Å². The van der Waals surface area contributed by atoms with Gasteiger partial charge in [0.25, 0.3) is 5.56 Å². The number of hydrogen-bond donors (Lipinski definition) is 2. The lowest BCUT2D eigenvalue weighted by molar-refractivity contribution is 0.893. The molecule has 0 unspecified atom stereocenters. The van der Waals surface area contributed by atoms with Gasteiger partial charge in [0.1, 0.15) is 6.33 Å². The molecule has 0 saturated heterocycles. The quantitative estimate of drug-likeness (QED) is 0.419. The fourth-order valence-corrected chi connectivity index (χ4v) is 2.74. The number of benzene rings is 2. The first-order valence-corrected chi connectivity index (χ1v) is 8.43. The molecule has 2 N–H and O–H groups in total. The van der Waals surface area contributed by atoms with E-state index in [4.69, 9.17) is 11.6 Å². The summed E-state index contributed by atoms with van der Waals surface area (Å²) in [6, 6.07) is 14.4. The molecule has 2 heterocycles. The van der Waals surface area contributed by atoms with Crippen LogP contribution in [0.25, 0.3) is 11.0 Å². The number of fused-ring (bicyclic) bond motifs is 1. The molecule has 27 heavy (non-hydrogen) atoms. The smallest absolute Gasteiger partial charge is 0.276 e. The average molecular weight is 380 g/mol. The third-order valence-electron chi connectivity index (χ3n) is 3.91. The molecule has 4 rings (SSSR count). The molecule has 0 saturated carbocycles. The van der Waals surface area contributed by atoms with Crippen LogP contribution < -0.4 is 11.0 Å². The summed E-state index contributed by atoms with van der Waals surface area (Å²) in [5.41, 5.74) is 4.76. The Morgan fingerprint density at radius 1 is 1.19 bits per heavy atom. The number of aromatic amines is 1. The monoisotopic (exact) mass is 379 g/mol. The summed E-state index contributed by atoms with van der Waals surface area (Å²) in [6.45, 7) is 0. The fraction of sp³-hybridized carbons (Fsp3) is 0.0556. The first-order valence-electron chi connectivity index (χ1n) is 8.05. The number of anilines is 1. The maximum absolute atomic E-state index is 12.6. The standard InChI is InChI=1S/C18H14ClN7O/c1-26-10-20-25-17(26)15(24-23-12-7-3-2-6-11(12)19)16-18(27)22-14-9-5-4-8-13(14)21-16/h2-10,23H,1H3,(H,22,27)/b24-15-. The number of rotatable bonds is 4. The van der Waals surface area contributed by atoms with Crippen LogP contribution in [0.4, 0.5) is 5.69 Å². The molecule has 2 aromatic heterocycles. The van der Waals surface area contributed by atoms with Crippen LogP contribution >= 0.6 is 11.6 Å². The van der Waals surface area contributed by atoms with E-state index in [2.05, 4.69) is 30.7 Å². The highest BCUT2D eigenvalue weighted by molar-refractivity contribution is 6.33. The van der Waals surface area contributed by atoms with Crippen LogP contribution in [0.2, 0.25) is 5.02 Å². The number of hydrazone groups is 1. The maximum Gasteiger partial charge on any atom is 0.276 e. The number of halogens is 1. The zero-order chi connectivity index (χ0) is 18.8. The van der Waals surface area contributed by atoms with Gasteiger partial charge in [-0.3, -0.25) is 10.2 Å². The van der Waals surface area contributed by atoms with E-state index in [0.29, 0.717) is 27.6 Å². The fourth-order valence-electron chi connectivity index (χ4n) is 2.56. The van der Waals surface area contributed by atoms with Crippen LogP contribution in [0.1, 0.15) is 11.5 Å². The van der Waals surface area contributed by atoms with Gasteiger partial charge in [0, 0.05) is 7.05 Å². The van der Waals surface area contributed by atoms with Crippen LogP contribution in [0, 0.1) is 0 Å². The minimum Gasteiger partial charge on any atom is -0.319 e. The molecule has 0 aliphatic heterocycles. The predicted molar refractivity (Wildman–Crippen MR) is 104 cm³/mol. The molecule has 4 aromatic rings. The molecule has 0 radical (unpaired) electrons. The molecule has 8 nitrogen and oxygen atoms in total. The number of hydrogen-bond acceptors (Lipinski definition) is 6. The Balaban J connectivity index is 1.88. The van der Waals surface area contributed by atoms with Gasteiger partial charge in [-0.1, -0.05) is 35.9 Å². The summed E-state index contributed by atoms with van der Waals surface area (Å²) in [6.07, 6.45) is 1.52. The first kappa shape index (κ1) is 16.9. The van der Waals surface area contributed by atoms with Crippen molar-refractivity contribution in [2.75, 3.05) is 5.43 Å². The highest BCUT2D eigenvalue weighted by Gasteiger charge is 2.19. The molecular weight excluding hydrogens is 366 g/mol. The van der Waals surface area contributed by atoms with Gasteiger partial charge in [-0.05, 0) is 24.3 Å². The molecule has 0 aliphatic carbocycles. The van der Waals surface area contributed by atoms with Crippen molar-refractivity contribution in [3.63, 3.8) is 0 Å². The second-order valence-electron chi connectivity index (χ2n) is 5.75. The Labute approximate surface area is 158 Å². The van der Waals surface area contributed by atoms with E-state index in [1.54, 1.807) is 29.8 Å². The number of H-pyrrole nitrogens is 1. The zero-order valence-electron chi connectivity index (χ0n) is 14.2. The van der Waals surface area contributed by atoms with E-state index < -0.39 is 0 Å². The van der Waals surface area contributed by atoms with E-state index in [0.717, 1.165) is 0 Å². The van der Waals surface area contributed by atoms with E-state index >= 15 is 0 Å².